The lowest BCUT2D eigenvalue weighted by Gasteiger charge is -2.25. The molecule has 0 radical (unpaired) electrons. The number of hydrogen-bond acceptors (Lipinski definition) is 8. The molecule has 0 unspecified atom stereocenters. The van der Waals surface area contributed by atoms with Crippen molar-refractivity contribution in [2.45, 2.75) is 26.3 Å². The van der Waals surface area contributed by atoms with Gasteiger partial charge >= 0.3 is 11.9 Å². The fraction of sp³-hybridized carbons (Fsp3) is 0.259. The van der Waals surface area contributed by atoms with Crippen LogP contribution in [0.4, 0.5) is 0 Å². The number of aromatic nitrogens is 1. The lowest BCUT2D eigenvalue weighted by atomic mass is 9.95. The van der Waals surface area contributed by atoms with Crippen molar-refractivity contribution < 1.29 is 23.8 Å². The molecule has 3 aromatic rings. The zero-order chi connectivity index (χ0) is 26.5. The molecular weight excluding hydrogens is 516 g/mol. The number of carbonyl (C=O) groups excluding carboxylic acids is 2. The quantitative estimate of drug-likeness (QED) is 0.406. The molecule has 0 bridgehead atoms. The molecule has 192 valence electrons. The second-order valence-electron chi connectivity index (χ2n) is 7.97. The topological polar surface area (TPSA) is 96.2 Å². The van der Waals surface area contributed by atoms with Crippen LogP contribution in [0.15, 0.2) is 69.6 Å². The summed E-state index contributed by atoms with van der Waals surface area (Å²) in [5, 5.41) is 0.436. The Kier molecular flexibility index (Phi) is 8.25. The molecule has 1 aliphatic rings. The molecule has 2 aromatic carbocycles. The number of nitrogens with zero attached hydrogens (tertiary/aromatic N) is 2. The van der Waals surface area contributed by atoms with E-state index < -0.39 is 18.0 Å². The van der Waals surface area contributed by atoms with Crippen LogP contribution in [0.2, 0.25) is 5.02 Å². The van der Waals surface area contributed by atoms with E-state index in [1.54, 1.807) is 31.2 Å². The molecule has 2 heterocycles. The van der Waals surface area contributed by atoms with Crippen LogP contribution in [0.3, 0.4) is 0 Å². The number of halogens is 1. The average molecular weight is 541 g/mol. The summed E-state index contributed by atoms with van der Waals surface area (Å²) >= 11 is 7.42. The number of carbonyl (C=O) groups is 2. The van der Waals surface area contributed by atoms with Crippen molar-refractivity contribution >= 4 is 41.0 Å². The van der Waals surface area contributed by atoms with Crippen LogP contribution >= 0.6 is 22.9 Å². The first-order valence-corrected chi connectivity index (χ1v) is 12.8. The zero-order valence-corrected chi connectivity index (χ0v) is 22.1. The van der Waals surface area contributed by atoms with Gasteiger partial charge in [-0.15, -0.1) is 0 Å². The van der Waals surface area contributed by atoms with Crippen molar-refractivity contribution in [3.63, 3.8) is 0 Å². The normalized spacial score (nSPS) is 15.1. The van der Waals surface area contributed by atoms with Gasteiger partial charge in [-0.2, -0.15) is 0 Å². The Labute approximate surface area is 222 Å². The van der Waals surface area contributed by atoms with E-state index in [0.29, 0.717) is 43.4 Å². The number of methoxy groups -OCH3 is 1. The molecule has 1 aromatic heterocycles. The monoisotopic (exact) mass is 540 g/mol. The van der Waals surface area contributed by atoms with Gasteiger partial charge in [0.2, 0.25) is 0 Å². The Morgan fingerprint density at radius 2 is 1.92 bits per heavy atom. The van der Waals surface area contributed by atoms with E-state index in [9.17, 15) is 14.4 Å². The van der Waals surface area contributed by atoms with Gasteiger partial charge in [-0.05, 0) is 43.2 Å². The maximum atomic E-state index is 13.8. The molecule has 8 nitrogen and oxygen atoms in total. The van der Waals surface area contributed by atoms with Crippen LogP contribution in [0.1, 0.15) is 37.4 Å². The van der Waals surface area contributed by atoms with E-state index >= 15 is 0 Å². The SMILES string of the molecule is CCOC(=O)COc1ccc(Cl)cc1/C=c1/sc2n(c1=O)[C@H](c1ccccc1)C(C(=O)OC)=C(CC)N=2. The molecule has 0 fully saturated rings. The third-order valence-corrected chi connectivity index (χ3v) is 6.89. The summed E-state index contributed by atoms with van der Waals surface area (Å²) in [6, 6.07) is 13.5. The summed E-state index contributed by atoms with van der Waals surface area (Å²) < 4.78 is 17.5. The van der Waals surface area contributed by atoms with Gasteiger partial charge in [-0.1, -0.05) is 60.2 Å². The highest BCUT2D eigenvalue weighted by molar-refractivity contribution is 7.07. The minimum absolute atomic E-state index is 0.243. The van der Waals surface area contributed by atoms with Gasteiger partial charge < -0.3 is 14.2 Å². The first-order chi connectivity index (χ1) is 17.9. The van der Waals surface area contributed by atoms with Crippen LogP contribution in [0, 0.1) is 0 Å². The number of rotatable bonds is 8. The molecule has 0 aliphatic carbocycles. The minimum atomic E-state index is -0.694. The van der Waals surface area contributed by atoms with Crippen LogP contribution in [-0.2, 0) is 19.1 Å². The van der Waals surface area contributed by atoms with E-state index in [-0.39, 0.29) is 18.8 Å². The summed E-state index contributed by atoms with van der Waals surface area (Å²) in [6.07, 6.45) is 2.13. The van der Waals surface area contributed by atoms with Crippen LogP contribution < -0.4 is 19.6 Å². The lowest BCUT2D eigenvalue weighted by molar-refractivity contribution is -0.145. The Bertz CT molecular complexity index is 1540. The fourth-order valence-electron chi connectivity index (χ4n) is 4.06. The Hall–Kier alpha value is -3.69. The third-order valence-electron chi connectivity index (χ3n) is 5.67. The number of hydrogen-bond donors (Lipinski definition) is 0. The highest BCUT2D eigenvalue weighted by Gasteiger charge is 2.33. The van der Waals surface area contributed by atoms with Crippen molar-refractivity contribution in [2.24, 2.45) is 4.99 Å². The Morgan fingerprint density at radius 3 is 2.59 bits per heavy atom. The van der Waals surface area contributed by atoms with Gasteiger partial charge in [0.05, 0.1) is 35.6 Å². The summed E-state index contributed by atoms with van der Waals surface area (Å²) in [5.41, 5.74) is 1.84. The second-order valence-corrected chi connectivity index (χ2v) is 9.42. The van der Waals surface area contributed by atoms with Crippen molar-refractivity contribution in [1.82, 2.24) is 4.57 Å². The van der Waals surface area contributed by atoms with Crippen molar-refractivity contribution in [3.8, 4) is 5.75 Å². The predicted octanol–water partition coefficient (Wildman–Crippen LogP) is 3.39. The third kappa shape index (κ3) is 5.52. The highest BCUT2D eigenvalue weighted by atomic mass is 35.5. The molecule has 0 N–H and O–H groups in total. The molecule has 0 saturated heterocycles. The summed E-state index contributed by atoms with van der Waals surface area (Å²) in [6.45, 7) is 3.57. The molecular formula is C27H25ClN2O6S. The first-order valence-electron chi connectivity index (χ1n) is 11.6. The van der Waals surface area contributed by atoms with Crippen LogP contribution in [-0.4, -0.2) is 36.8 Å². The molecule has 10 heteroatoms. The number of ether oxygens (including phenoxy) is 3. The summed E-state index contributed by atoms with van der Waals surface area (Å²) in [4.78, 5) is 43.5. The largest absolute Gasteiger partial charge is 0.481 e. The van der Waals surface area contributed by atoms with Gasteiger partial charge in [0.25, 0.3) is 5.56 Å². The maximum Gasteiger partial charge on any atom is 0.344 e. The van der Waals surface area contributed by atoms with Crippen molar-refractivity contribution in [1.29, 1.82) is 0 Å². The summed E-state index contributed by atoms with van der Waals surface area (Å²) in [5.74, 6) is -0.673. The number of fused-ring (bicyclic) bond motifs is 1. The van der Waals surface area contributed by atoms with Gasteiger partial charge in [-0.25, -0.2) is 14.6 Å². The average Bonchev–Trinajstić information content (AvgIpc) is 3.21. The summed E-state index contributed by atoms with van der Waals surface area (Å²) in [7, 11) is 1.31. The number of thiazole rings is 1. The van der Waals surface area contributed by atoms with Gasteiger partial charge in [0.1, 0.15) is 5.75 Å². The fourth-order valence-corrected chi connectivity index (χ4v) is 5.25. The smallest absolute Gasteiger partial charge is 0.344 e. The van der Waals surface area contributed by atoms with E-state index in [4.69, 9.17) is 25.8 Å². The van der Waals surface area contributed by atoms with Gasteiger partial charge in [0.15, 0.2) is 11.4 Å². The van der Waals surface area contributed by atoms with E-state index in [2.05, 4.69) is 4.99 Å². The first kappa shape index (κ1) is 26.4. The maximum absolute atomic E-state index is 13.8. The second kappa shape index (κ2) is 11.6. The van der Waals surface area contributed by atoms with Crippen molar-refractivity contribution in [2.75, 3.05) is 20.3 Å². The number of esters is 2. The molecule has 1 atom stereocenters. The number of allylic oxidation sites excluding steroid dienone is 1. The number of benzene rings is 2. The molecule has 0 saturated carbocycles. The van der Waals surface area contributed by atoms with Gasteiger partial charge in [0, 0.05) is 10.6 Å². The predicted molar refractivity (Wildman–Crippen MR) is 140 cm³/mol. The van der Waals surface area contributed by atoms with Gasteiger partial charge in [-0.3, -0.25) is 9.36 Å². The van der Waals surface area contributed by atoms with E-state index in [1.807, 2.05) is 37.3 Å². The molecule has 1 aliphatic heterocycles. The van der Waals surface area contributed by atoms with E-state index in [1.165, 1.54) is 23.0 Å². The highest BCUT2D eigenvalue weighted by Crippen LogP contribution is 2.31. The van der Waals surface area contributed by atoms with Crippen LogP contribution in [0.5, 0.6) is 5.75 Å². The molecule has 37 heavy (non-hydrogen) atoms. The Balaban J connectivity index is 1.88. The standard InChI is InChI=1S/C27H25ClN2O6S/c1-4-19-23(26(33)34-3)24(16-9-7-6-8-10-16)30-25(32)21(37-27(30)29-19)14-17-13-18(28)11-12-20(17)36-15-22(31)35-5-2/h6-14,24H,4-5,15H2,1-3H3/b21-14+/t24-/m1/s1. The minimum Gasteiger partial charge on any atom is -0.481 e. The van der Waals surface area contributed by atoms with Crippen molar-refractivity contribution in [3.05, 3.63) is 95.6 Å². The van der Waals surface area contributed by atoms with Crippen LogP contribution in [0.25, 0.3) is 6.08 Å². The van der Waals surface area contributed by atoms with E-state index in [0.717, 1.165) is 5.56 Å². The molecule has 0 amide bonds. The zero-order valence-electron chi connectivity index (χ0n) is 20.5. The molecule has 0 spiro atoms. The lowest BCUT2D eigenvalue weighted by Crippen LogP contribution is -2.40. The Morgan fingerprint density at radius 1 is 1.16 bits per heavy atom. The molecule has 4 rings (SSSR count).